The summed E-state index contributed by atoms with van der Waals surface area (Å²) in [5.41, 5.74) is 0.724. The Labute approximate surface area is 121 Å². The summed E-state index contributed by atoms with van der Waals surface area (Å²) in [7, 11) is 1.61. The Hall–Kier alpha value is -2.26. The van der Waals surface area contributed by atoms with E-state index < -0.39 is 0 Å². The van der Waals surface area contributed by atoms with Gasteiger partial charge in [0, 0.05) is 11.6 Å². The molecule has 0 unspecified atom stereocenters. The minimum absolute atomic E-state index is 0.605. The third kappa shape index (κ3) is 2.28. The molecule has 0 radical (unpaired) electrons. The van der Waals surface area contributed by atoms with Gasteiger partial charge in [-0.25, -0.2) is 0 Å². The maximum absolute atomic E-state index is 6.15. The fraction of sp³-hybridized carbons (Fsp3) is 0.0625. The largest absolute Gasteiger partial charge is 0.493 e. The lowest BCUT2D eigenvalue weighted by Gasteiger charge is -2.11. The highest BCUT2D eigenvalue weighted by atomic mass is 35.5. The monoisotopic (exact) mass is 285 g/mol. The van der Waals surface area contributed by atoms with Crippen molar-refractivity contribution < 1.29 is 9.47 Å². The molecule has 0 aliphatic carbocycles. The number of benzene rings is 2. The summed E-state index contributed by atoms with van der Waals surface area (Å²) in [5, 5.41) is 1.47. The molecule has 20 heavy (non-hydrogen) atoms. The van der Waals surface area contributed by atoms with Gasteiger partial charge in [-0.15, -0.1) is 0 Å². The molecule has 2 aromatic carbocycles. The fourth-order valence-corrected chi connectivity index (χ4v) is 2.25. The smallest absolute Gasteiger partial charge is 0.169 e. The highest BCUT2D eigenvalue weighted by molar-refractivity contribution is 6.35. The van der Waals surface area contributed by atoms with Gasteiger partial charge in [-0.1, -0.05) is 29.8 Å². The van der Waals surface area contributed by atoms with Gasteiger partial charge >= 0.3 is 0 Å². The van der Waals surface area contributed by atoms with Crippen molar-refractivity contribution in [1.82, 2.24) is 4.98 Å². The zero-order valence-electron chi connectivity index (χ0n) is 10.8. The van der Waals surface area contributed by atoms with E-state index >= 15 is 0 Å². The van der Waals surface area contributed by atoms with Crippen LogP contribution in [0.2, 0.25) is 5.02 Å². The molecule has 0 bridgehead atoms. The average molecular weight is 286 g/mol. The minimum Gasteiger partial charge on any atom is -0.493 e. The van der Waals surface area contributed by atoms with Gasteiger partial charge in [0.05, 0.1) is 17.6 Å². The van der Waals surface area contributed by atoms with Crippen molar-refractivity contribution >= 4 is 22.5 Å². The van der Waals surface area contributed by atoms with Gasteiger partial charge in [-0.3, -0.25) is 4.98 Å². The molecule has 0 amide bonds. The quantitative estimate of drug-likeness (QED) is 0.699. The van der Waals surface area contributed by atoms with Crippen molar-refractivity contribution in [3.05, 3.63) is 59.8 Å². The van der Waals surface area contributed by atoms with Crippen molar-refractivity contribution in [3.8, 4) is 17.2 Å². The zero-order valence-corrected chi connectivity index (χ0v) is 11.6. The Morgan fingerprint density at radius 3 is 2.50 bits per heavy atom. The van der Waals surface area contributed by atoms with Crippen LogP contribution in [0.3, 0.4) is 0 Å². The molecule has 3 rings (SSSR count). The van der Waals surface area contributed by atoms with E-state index in [0.717, 1.165) is 10.9 Å². The topological polar surface area (TPSA) is 31.4 Å². The molecule has 0 spiro atoms. The van der Waals surface area contributed by atoms with Crippen LogP contribution in [0.15, 0.2) is 54.7 Å². The van der Waals surface area contributed by atoms with Gasteiger partial charge in [-0.2, -0.15) is 0 Å². The van der Waals surface area contributed by atoms with Crippen molar-refractivity contribution in [2.45, 2.75) is 0 Å². The van der Waals surface area contributed by atoms with Crippen LogP contribution >= 0.6 is 11.6 Å². The standard InChI is InChI=1S/C16H12ClNO2/c1-19-14-7-2-3-8-15(14)20-13-9-10-18-16-11(13)5-4-6-12(16)17/h2-10H,1H3. The van der Waals surface area contributed by atoms with Crippen molar-refractivity contribution in [2.24, 2.45) is 0 Å². The molecule has 4 heteroatoms. The van der Waals surface area contributed by atoms with Crippen molar-refractivity contribution in [1.29, 1.82) is 0 Å². The van der Waals surface area contributed by atoms with E-state index in [1.54, 1.807) is 13.3 Å². The number of halogens is 1. The Morgan fingerprint density at radius 1 is 0.900 bits per heavy atom. The number of rotatable bonds is 3. The molecule has 0 fully saturated rings. The van der Waals surface area contributed by atoms with Crippen LogP contribution < -0.4 is 9.47 Å². The number of methoxy groups -OCH3 is 1. The van der Waals surface area contributed by atoms with Gasteiger partial charge in [-0.05, 0) is 30.3 Å². The first-order valence-corrected chi connectivity index (χ1v) is 6.51. The molecule has 0 N–H and O–H groups in total. The van der Waals surface area contributed by atoms with Crippen LogP contribution in [0.1, 0.15) is 0 Å². The molecule has 0 aliphatic rings. The number of pyridine rings is 1. The molecule has 3 nitrogen and oxygen atoms in total. The Morgan fingerprint density at radius 2 is 1.70 bits per heavy atom. The van der Waals surface area contributed by atoms with E-state index in [1.165, 1.54) is 0 Å². The van der Waals surface area contributed by atoms with Crippen LogP contribution in [-0.2, 0) is 0 Å². The molecule has 1 aromatic heterocycles. The number of ether oxygens (including phenoxy) is 2. The first-order chi connectivity index (χ1) is 9.79. The van der Waals surface area contributed by atoms with Gasteiger partial charge in [0.1, 0.15) is 5.75 Å². The molecular weight excluding hydrogens is 274 g/mol. The second kappa shape index (κ2) is 5.39. The molecule has 3 aromatic rings. The van der Waals surface area contributed by atoms with E-state index in [4.69, 9.17) is 21.1 Å². The molecule has 0 aliphatic heterocycles. The number of aromatic nitrogens is 1. The molecular formula is C16H12ClNO2. The number of hydrogen-bond donors (Lipinski definition) is 0. The highest BCUT2D eigenvalue weighted by Gasteiger charge is 2.09. The fourth-order valence-electron chi connectivity index (χ4n) is 2.03. The van der Waals surface area contributed by atoms with Gasteiger partial charge in [0.2, 0.25) is 0 Å². The molecule has 1 heterocycles. The van der Waals surface area contributed by atoms with E-state index in [0.29, 0.717) is 22.3 Å². The second-order valence-electron chi connectivity index (χ2n) is 4.20. The minimum atomic E-state index is 0.605. The number of hydrogen-bond acceptors (Lipinski definition) is 3. The van der Waals surface area contributed by atoms with Crippen LogP contribution in [0.25, 0.3) is 10.9 Å². The third-order valence-electron chi connectivity index (χ3n) is 2.97. The summed E-state index contributed by atoms with van der Waals surface area (Å²) >= 11 is 6.15. The molecule has 100 valence electrons. The van der Waals surface area contributed by atoms with E-state index in [9.17, 15) is 0 Å². The lowest BCUT2D eigenvalue weighted by atomic mass is 10.2. The SMILES string of the molecule is COc1ccccc1Oc1ccnc2c(Cl)cccc12. The van der Waals surface area contributed by atoms with Gasteiger partial charge in [0.25, 0.3) is 0 Å². The number of nitrogens with zero attached hydrogens (tertiary/aromatic N) is 1. The summed E-state index contributed by atoms with van der Waals surface area (Å²) in [6, 6.07) is 14.9. The highest BCUT2D eigenvalue weighted by Crippen LogP contribution is 2.35. The Kier molecular flexibility index (Phi) is 3.44. The van der Waals surface area contributed by atoms with Crippen LogP contribution in [0.4, 0.5) is 0 Å². The Bertz CT molecular complexity index is 758. The molecule has 0 atom stereocenters. The summed E-state index contributed by atoms with van der Waals surface area (Å²) in [6.45, 7) is 0. The first kappa shape index (κ1) is 12.8. The van der Waals surface area contributed by atoms with Crippen molar-refractivity contribution in [2.75, 3.05) is 7.11 Å². The zero-order chi connectivity index (χ0) is 13.9. The summed E-state index contributed by atoms with van der Waals surface area (Å²) in [6.07, 6.45) is 1.68. The summed E-state index contributed by atoms with van der Waals surface area (Å²) < 4.78 is 11.2. The Balaban J connectivity index is 2.09. The predicted molar refractivity (Wildman–Crippen MR) is 79.8 cm³/mol. The third-order valence-corrected chi connectivity index (χ3v) is 3.28. The normalized spacial score (nSPS) is 10.5. The number of para-hydroxylation sites is 3. The summed E-state index contributed by atoms with van der Waals surface area (Å²) in [4.78, 5) is 4.28. The van der Waals surface area contributed by atoms with E-state index in [2.05, 4.69) is 4.98 Å². The first-order valence-electron chi connectivity index (χ1n) is 6.13. The molecule has 0 saturated carbocycles. The van der Waals surface area contributed by atoms with Crippen LogP contribution in [-0.4, -0.2) is 12.1 Å². The van der Waals surface area contributed by atoms with Gasteiger partial charge < -0.3 is 9.47 Å². The van der Waals surface area contributed by atoms with Crippen LogP contribution in [0.5, 0.6) is 17.2 Å². The summed E-state index contributed by atoms with van der Waals surface area (Å²) in [5.74, 6) is 2.03. The average Bonchev–Trinajstić information content (AvgIpc) is 2.49. The maximum atomic E-state index is 6.15. The second-order valence-corrected chi connectivity index (χ2v) is 4.61. The molecule has 0 saturated heterocycles. The van der Waals surface area contributed by atoms with E-state index in [-0.39, 0.29) is 0 Å². The lowest BCUT2D eigenvalue weighted by Crippen LogP contribution is -1.91. The number of fused-ring (bicyclic) bond motifs is 1. The predicted octanol–water partition coefficient (Wildman–Crippen LogP) is 4.69. The van der Waals surface area contributed by atoms with Crippen LogP contribution in [0, 0.1) is 0 Å². The van der Waals surface area contributed by atoms with Gasteiger partial charge in [0.15, 0.2) is 11.5 Å². The van der Waals surface area contributed by atoms with Crippen molar-refractivity contribution in [3.63, 3.8) is 0 Å². The lowest BCUT2D eigenvalue weighted by molar-refractivity contribution is 0.380. The van der Waals surface area contributed by atoms with E-state index in [1.807, 2.05) is 48.5 Å². The maximum Gasteiger partial charge on any atom is 0.169 e.